The smallest absolute Gasteiger partial charge is 0.249 e. The molecule has 0 aliphatic heterocycles. The van der Waals surface area contributed by atoms with Crippen molar-refractivity contribution in [2.45, 2.75) is 334 Å². The minimum atomic E-state index is -1.28. The third-order valence-electron chi connectivity index (χ3n) is 13.8. The number of allylic oxidation sites excluding steroid dienone is 6. The second kappa shape index (κ2) is 54.5. The predicted molar refractivity (Wildman–Crippen MR) is 288 cm³/mol. The molecule has 4 atom stereocenters. The summed E-state index contributed by atoms with van der Waals surface area (Å²) in [6.07, 6.45) is 67.9. The van der Waals surface area contributed by atoms with E-state index in [4.69, 9.17) is 0 Å². The van der Waals surface area contributed by atoms with E-state index in [-0.39, 0.29) is 0 Å². The van der Waals surface area contributed by atoms with Crippen molar-refractivity contribution in [2.75, 3.05) is 6.61 Å². The molecule has 0 radical (unpaired) electrons. The molecule has 0 saturated heterocycles. The first-order valence-electron chi connectivity index (χ1n) is 29.4. The molecule has 0 aromatic heterocycles. The van der Waals surface area contributed by atoms with Gasteiger partial charge >= 0.3 is 0 Å². The number of amides is 1. The summed E-state index contributed by atoms with van der Waals surface area (Å²) in [7, 11) is 0. The molecule has 6 nitrogen and oxygen atoms in total. The Morgan fingerprint density at radius 1 is 0.379 bits per heavy atom. The fraction of sp³-hybridized carbons (Fsp3) is 0.883. The maximum absolute atomic E-state index is 12.6. The van der Waals surface area contributed by atoms with Crippen LogP contribution in [0.4, 0.5) is 0 Å². The third kappa shape index (κ3) is 47.6. The standard InChI is InChI=1S/C60H115NO5/c1-3-5-7-9-11-13-15-17-19-21-23-25-27-29-30-32-34-36-38-40-42-44-46-48-50-52-54-58(64)60(66)61-56(55-62)59(65)57(63)53-51-49-47-45-43-41-39-37-35-33-31-28-26-24-22-20-18-16-14-12-10-8-6-4-2/h23,25,29-30,45,47,56-59,62-65H,3-22,24,26-28,31-44,46,48-55H2,1-2H3,(H,61,66)/b25-23-,30-29-,47-45+. The van der Waals surface area contributed by atoms with Crippen LogP contribution < -0.4 is 5.32 Å². The molecule has 0 fully saturated rings. The van der Waals surface area contributed by atoms with Crippen molar-refractivity contribution in [1.29, 1.82) is 0 Å². The van der Waals surface area contributed by atoms with Crippen LogP contribution in [0.5, 0.6) is 0 Å². The number of unbranched alkanes of at least 4 members (excludes halogenated alkanes) is 39. The highest BCUT2D eigenvalue weighted by Gasteiger charge is 2.28. The van der Waals surface area contributed by atoms with Crippen molar-refractivity contribution in [3.63, 3.8) is 0 Å². The molecule has 6 heteroatoms. The molecule has 0 rings (SSSR count). The zero-order valence-electron chi connectivity index (χ0n) is 44.2. The van der Waals surface area contributed by atoms with Crippen LogP contribution in [0, 0.1) is 0 Å². The van der Waals surface area contributed by atoms with Gasteiger partial charge in [-0.15, -0.1) is 0 Å². The summed E-state index contributed by atoms with van der Waals surface area (Å²) in [4.78, 5) is 12.6. The normalized spacial score (nSPS) is 14.0. The maximum atomic E-state index is 12.6. The van der Waals surface area contributed by atoms with E-state index in [1.165, 1.54) is 238 Å². The number of rotatable bonds is 54. The number of carbonyl (C=O) groups excluding carboxylic acids is 1. The molecule has 0 aliphatic carbocycles. The summed E-state index contributed by atoms with van der Waals surface area (Å²) in [6.45, 7) is 4.08. The zero-order valence-corrected chi connectivity index (χ0v) is 44.2. The molecule has 390 valence electrons. The number of hydrogen-bond donors (Lipinski definition) is 5. The van der Waals surface area contributed by atoms with Gasteiger partial charge in [-0.05, 0) is 70.6 Å². The van der Waals surface area contributed by atoms with Crippen molar-refractivity contribution in [3.05, 3.63) is 36.5 Å². The van der Waals surface area contributed by atoms with Crippen LogP contribution in [-0.4, -0.2) is 57.3 Å². The van der Waals surface area contributed by atoms with Crippen LogP contribution in [0.2, 0.25) is 0 Å². The van der Waals surface area contributed by atoms with Crippen LogP contribution in [0.3, 0.4) is 0 Å². The lowest BCUT2D eigenvalue weighted by molar-refractivity contribution is -0.132. The first-order chi connectivity index (χ1) is 32.5. The van der Waals surface area contributed by atoms with E-state index in [9.17, 15) is 25.2 Å². The number of aliphatic hydroxyl groups excluding tert-OH is 4. The van der Waals surface area contributed by atoms with Crippen molar-refractivity contribution in [2.24, 2.45) is 0 Å². The number of carbonyl (C=O) groups is 1. The molecular weight excluding hydrogens is 815 g/mol. The van der Waals surface area contributed by atoms with Gasteiger partial charge in [0.1, 0.15) is 12.2 Å². The van der Waals surface area contributed by atoms with E-state index in [0.29, 0.717) is 12.8 Å². The highest BCUT2D eigenvalue weighted by molar-refractivity contribution is 5.80. The van der Waals surface area contributed by atoms with Crippen molar-refractivity contribution < 1.29 is 25.2 Å². The minimum Gasteiger partial charge on any atom is -0.394 e. The van der Waals surface area contributed by atoms with E-state index in [1.807, 2.05) is 0 Å². The first-order valence-corrected chi connectivity index (χ1v) is 29.4. The Hall–Kier alpha value is -1.47. The van der Waals surface area contributed by atoms with E-state index in [1.54, 1.807) is 0 Å². The largest absolute Gasteiger partial charge is 0.394 e. The van der Waals surface area contributed by atoms with Crippen molar-refractivity contribution >= 4 is 5.91 Å². The molecule has 5 N–H and O–H groups in total. The van der Waals surface area contributed by atoms with Gasteiger partial charge in [0.15, 0.2) is 0 Å². The van der Waals surface area contributed by atoms with Gasteiger partial charge in [0.25, 0.3) is 0 Å². The van der Waals surface area contributed by atoms with Crippen LogP contribution in [0.25, 0.3) is 0 Å². The molecule has 0 aliphatic rings. The topological polar surface area (TPSA) is 110 Å². The summed E-state index contributed by atoms with van der Waals surface area (Å²) in [5, 5.41) is 44.0. The third-order valence-corrected chi connectivity index (χ3v) is 13.8. The van der Waals surface area contributed by atoms with Gasteiger partial charge in [-0.2, -0.15) is 0 Å². The van der Waals surface area contributed by atoms with Gasteiger partial charge in [-0.3, -0.25) is 4.79 Å². The van der Waals surface area contributed by atoms with Gasteiger partial charge in [-0.25, -0.2) is 0 Å². The minimum absolute atomic E-state index is 0.360. The Balaban J connectivity index is 3.66. The van der Waals surface area contributed by atoms with Gasteiger partial charge < -0.3 is 25.7 Å². The van der Waals surface area contributed by atoms with E-state index >= 15 is 0 Å². The van der Waals surface area contributed by atoms with Crippen LogP contribution >= 0.6 is 0 Å². The van der Waals surface area contributed by atoms with Gasteiger partial charge in [0.2, 0.25) is 5.91 Å². The maximum Gasteiger partial charge on any atom is 0.249 e. The molecule has 0 aromatic carbocycles. The fourth-order valence-corrected chi connectivity index (χ4v) is 9.20. The zero-order chi connectivity index (χ0) is 48.1. The predicted octanol–water partition coefficient (Wildman–Crippen LogP) is 17.2. The molecule has 1 amide bonds. The Bertz CT molecular complexity index is 1040. The van der Waals surface area contributed by atoms with Gasteiger partial charge in [-0.1, -0.05) is 275 Å². The highest BCUT2D eigenvalue weighted by Crippen LogP contribution is 2.17. The molecular formula is C60H115NO5. The first kappa shape index (κ1) is 64.5. The SMILES string of the molecule is CCCCCCCCCCC/C=C\C/C=C\CCCCCCCCCCCCC(O)C(=O)NC(CO)C(O)C(O)CCC/C=C/CCCCCCCCCCCCCCCCCCCCC. The molecule has 0 spiro atoms. The summed E-state index contributed by atoms with van der Waals surface area (Å²) in [5.41, 5.74) is 0. The van der Waals surface area contributed by atoms with Gasteiger partial charge in [0, 0.05) is 0 Å². The number of aliphatic hydroxyl groups is 4. The van der Waals surface area contributed by atoms with E-state index < -0.39 is 36.9 Å². The fourth-order valence-electron chi connectivity index (χ4n) is 9.20. The summed E-state index contributed by atoms with van der Waals surface area (Å²) < 4.78 is 0. The lowest BCUT2D eigenvalue weighted by Crippen LogP contribution is -2.53. The highest BCUT2D eigenvalue weighted by atomic mass is 16.3. The Morgan fingerprint density at radius 3 is 1.00 bits per heavy atom. The monoisotopic (exact) mass is 930 g/mol. The molecule has 0 heterocycles. The quantitative estimate of drug-likeness (QED) is 0.0308. The van der Waals surface area contributed by atoms with Crippen LogP contribution in [-0.2, 0) is 4.79 Å². The van der Waals surface area contributed by atoms with E-state index in [0.717, 1.165) is 44.9 Å². The average molecular weight is 931 g/mol. The molecule has 66 heavy (non-hydrogen) atoms. The van der Waals surface area contributed by atoms with E-state index in [2.05, 4.69) is 55.6 Å². The van der Waals surface area contributed by atoms with Crippen LogP contribution in [0.15, 0.2) is 36.5 Å². The summed E-state index contributed by atoms with van der Waals surface area (Å²) in [6, 6.07) is -1.00. The van der Waals surface area contributed by atoms with Crippen molar-refractivity contribution in [3.8, 4) is 0 Å². The summed E-state index contributed by atoms with van der Waals surface area (Å²) >= 11 is 0. The second-order valence-corrected chi connectivity index (χ2v) is 20.3. The second-order valence-electron chi connectivity index (χ2n) is 20.3. The molecule has 0 bridgehead atoms. The van der Waals surface area contributed by atoms with Crippen molar-refractivity contribution in [1.82, 2.24) is 5.32 Å². The molecule has 0 aromatic rings. The average Bonchev–Trinajstić information content (AvgIpc) is 3.32. The van der Waals surface area contributed by atoms with Gasteiger partial charge in [0.05, 0.1) is 18.8 Å². The van der Waals surface area contributed by atoms with Crippen LogP contribution in [0.1, 0.15) is 309 Å². The molecule has 4 unspecified atom stereocenters. The Kier molecular flexibility index (Phi) is 53.3. The lowest BCUT2D eigenvalue weighted by Gasteiger charge is -2.27. The number of hydrogen-bond acceptors (Lipinski definition) is 5. The Labute approximate surface area is 411 Å². The molecule has 0 saturated carbocycles. The summed E-state index contributed by atoms with van der Waals surface area (Å²) in [5.74, 6) is -0.593. The number of nitrogens with one attached hydrogen (secondary N) is 1. The lowest BCUT2D eigenvalue weighted by atomic mass is 10.00. The Morgan fingerprint density at radius 2 is 0.667 bits per heavy atom.